The van der Waals surface area contributed by atoms with E-state index in [1.165, 1.54) is 32.2 Å². The van der Waals surface area contributed by atoms with Crippen LogP contribution in [0.5, 0.6) is 0 Å². The van der Waals surface area contributed by atoms with Crippen molar-refractivity contribution in [1.29, 1.82) is 0 Å². The van der Waals surface area contributed by atoms with Gasteiger partial charge in [0.15, 0.2) is 15.3 Å². The normalized spacial score (nSPS) is 19.7. The lowest BCUT2D eigenvalue weighted by molar-refractivity contribution is 0.304. The lowest BCUT2D eigenvalue weighted by Crippen LogP contribution is -2.56. The van der Waals surface area contributed by atoms with Gasteiger partial charge in [-0.2, -0.15) is 0 Å². The number of rotatable bonds is 2. The Morgan fingerprint density at radius 3 is 1.87 bits per heavy atom. The van der Waals surface area contributed by atoms with Crippen LogP contribution in [0.4, 0.5) is 0 Å². The number of hydrogen-bond donors (Lipinski definition) is 0. The molecule has 0 unspecified atom stereocenters. The summed E-state index contributed by atoms with van der Waals surface area (Å²) in [7, 11) is 4.00. The molecule has 3 aromatic rings. The third-order valence-electron chi connectivity index (χ3n) is 6.40. The second-order valence-electron chi connectivity index (χ2n) is 8.20. The SMILES string of the molecule is CN1C(=S)N2CC(Cc3c4ccccc4cc4ccccc34)CN3C(=S)N(C)S1=C23. The van der Waals surface area contributed by atoms with E-state index in [4.69, 9.17) is 24.4 Å². The fourth-order valence-electron chi connectivity index (χ4n) is 5.06. The summed E-state index contributed by atoms with van der Waals surface area (Å²) in [5, 5.41) is 8.43. The lowest BCUT2D eigenvalue weighted by Gasteiger charge is -2.39. The zero-order valence-corrected chi connectivity index (χ0v) is 19.4. The van der Waals surface area contributed by atoms with Crippen molar-refractivity contribution < 1.29 is 0 Å². The number of fused-ring (bicyclic) bond motifs is 2. The molecule has 0 atom stereocenters. The van der Waals surface area contributed by atoms with Crippen molar-refractivity contribution in [3.05, 3.63) is 60.2 Å². The molecular formula is C23H22N4S3. The van der Waals surface area contributed by atoms with Crippen LogP contribution in [0.15, 0.2) is 54.6 Å². The van der Waals surface area contributed by atoms with Crippen molar-refractivity contribution in [2.24, 2.45) is 5.92 Å². The molecule has 3 heterocycles. The molecule has 0 amide bonds. The summed E-state index contributed by atoms with van der Waals surface area (Å²) >= 11 is 11.6. The van der Waals surface area contributed by atoms with Crippen molar-refractivity contribution in [3.8, 4) is 0 Å². The second-order valence-corrected chi connectivity index (χ2v) is 10.9. The molecule has 0 N–H and O–H groups in total. The van der Waals surface area contributed by atoms with Crippen LogP contribution >= 0.6 is 35.3 Å². The number of benzene rings is 3. The van der Waals surface area contributed by atoms with E-state index < -0.39 is 0 Å². The van der Waals surface area contributed by atoms with Crippen molar-refractivity contribution in [3.63, 3.8) is 0 Å². The second kappa shape index (κ2) is 6.64. The van der Waals surface area contributed by atoms with Crippen molar-refractivity contribution in [1.82, 2.24) is 18.4 Å². The van der Waals surface area contributed by atoms with Crippen LogP contribution < -0.4 is 0 Å². The molecule has 6 rings (SSSR count). The molecular weight excluding hydrogens is 428 g/mol. The first kappa shape index (κ1) is 18.5. The Kier molecular flexibility index (Phi) is 4.10. The predicted octanol–water partition coefficient (Wildman–Crippen LogP) is 4.42. The largest absolute Gasteiger partial charge is 0.296 e. The summed E-state index contributed by atoms with van der Waals surface area (Å²) in [4.78, 5) is 4.66. The molecule has 1 fully saturated rings. The Hall–Kier alpha value is -2.22. The first-order valence-corrected chi connectivity index (χ1v) is 12.1. The summed E-state index contributed by atoms with van der Waals surface area (Å²) in [6, 6.07) is 19.8. The third kappa shape index (κ3) is 2.49. The van der Waals surface area contributed by atoms with E-state index in [0.717, 1.165) is 29.7 Å². The van der Waals surface area contributed by atoms with Gasteiger partial charge in [-0.3, -0.25) is 18.4 Å². The van der Waals surface area contributed by atoms with E-state index >= 15 is 0 Å². The van der Waals surface area contributed by atoms with Gasteiger partial charge in [-0.15, -0.1) is 0 Å². The van der Waals surface area contributed by atoms with Crippen molar-refractivity contribution in [2.45, 2.75) is 6.42 Å². The topological polar surface area (TPSA) is 13.0 Å². The van der Waals surface area contributed by atoms with E-state index in [1.54, 1.807) is 0 Å². The quantitative estimate of drug-likeness (QED) is 0.421. The predicted molar refractivity (Wildman–Crippen MR) is 135 cm³/mol. The lowest BCUT2D eigenvalue weighted by atomic mass is 9.89. The molecule has 7 heteroatoms. The van der Waals surface area contributed by atoms with Crippen LogP contribution in [0.1, 0.15) is 5.56 Å². The highest BCUT2D eigenvalue weighted by Gasteiger charge is 2.48. The number of thiocarbonyl (C=S) groups is 2. The first-order valence-electron chi connectivity index (χ1n) is 10.2. The van der Waals surface area contributed by atoms with Gasteiger partial charge in [0.1, 0.15) is 0 Å². The van der Waals surface area contributed by atoms with Crippen LogP contribution in [0.3, 0.4) is 0 Å². The number of hydrogen-bond acceptors (Lipinski definition) is 2. The van der Waals surface area contributed by atoms with Crippen LogP contribution in [-0.2, 0) is 6.42 Å². The first-order chi connectivity index (χ1) is 14.5. The smallest absolute Gasteiger partial charge is 0.188 e. The third-order valence-corrected chi connectivity index (χ3v) is 9.77. The monoisotopic (exact) mass is 450 g/mol. The van der Waals surface area contributed by atoms with Gasteiger partial charge in [0.2, 0.25) is 0 Å². The van der Waals surface area contributed by atoms with Gasteiger partial charge in [0, 0.05) is 27.2 Å². The molecule has 0 radical (unpaired) electrons. The van der Waals surface area contributed by atoms with Gasteiger partial charge in [-0.25, -0.2) is 0 Å². The molecule has 1 saturated heterocycles. The minimum absolute atomic E-state index is 0.180. The maximum absolute atomic E-state index is 5.81. The Morgan fingerprint density at radius 1 is 0.833 bits per heavy atom. The van der Waals surface area contributed by atoms with Gasteiger partial charge in [-0.05, 0) is 69.9 Å². The zero-order chi connectivity index (χ0) is 20.6. The van der Waals surface area contributed by atoms with E-state index in [0.29, 0.717) is 5.92 Å². The molecule has 0 aliphatic carbocycles. The van der Waals surface area contributed by atoms with Crippen LogP contribution in [0.2, 0.25) is 0 Å². The summed E-state index contributed by atoms with van der Waals surface area (Å²) in [5.41, 5.74) is 1.44. The fourth-order valence-corrected chi connectivity index (χ4v) is 7.98. The molecule has 3 aliphatic heterocycles. The molecule has 152 valence electrons. The number of nitrogens with zero attached hydrogens (tertiary/aromatic N) is 4. The van der Waals surface area contributed by atoms with Gasteiger partial charge in [0.05, 0.1) is 10.9 Å². The Morgan fingerprint density at radius 2 is 1.33 bits per heavy atom. The summed E-state index contributed by atoms with van der Waals surface area (Å²) < 4.78 is 4.40. The minimum Gasteiger partial charge on any atom is -0.296 e. The van der Waals surface area contributed by atoms with E-state index in [9.17, 15) is 0 Å². The van der Waals surface area contributed by atoms with Crippen molar-refractivity contribution >= 4 is 72.2 Å². The van der Waals surface area contributed by atoms with Gasteiger partial charge < -0.3 is 0 Å². The Bertz CT molecular complexity index is 1190. The average Bonchev–Trinajstić information content (AvgIpc) is 3.17. The highest BCUT2D eigenvalue weighted by atomic mass is 32.2. The van der Waals surface area contributed by atoms with Gasteiger partial charge in [-0.1, -0.05) is 48.5 Å². The fraction of sp³-hybridized carbons (Fsp3) is 0.261. The summed E-state index contributed by atoms with van der Waals surface area (Å²) in [6.45, 7) is 1.90. The molecule has 3 aliphatic rings. The Labute approximate surface area is 189 Å². The minimum atomic E-state index is -0.180. The summed E-state index contributed by atoms with van der Waals surface area (Å²) in [6.07, 6.45) is 1.01. The zero-order valence-electron chi connectivity index (χ0n) is 16.9. The van der Waals surface area contributed by atoms with Crippen LogP contribution in [-0.4, -0.2) is 60.9 Å². The van der Waals surface area contributed by atoms with E-state index in [1.807, 2.05) is 0 Å². The molecule has 4 nitrogen and oxygen atoms in total. The summed E-state index contributed by atoms with van der Waals surface area (Å²) in [5.74, 6) is 0.447. The molecule has 3 aromatic carbocycles. The molecule has 0 saturated carbocycles. The maximum Gasteiger partial charge on any atom is 0.188 e. The standard InChI is InChI=1S/C23H22N4S3/c1-24-21(28)26-13-15(14-27-22(29)25(2)30(24)23(26)27)11-20-18-9-5-3-7-16(18)12-17-8-4-6-10-19(17)20/h3-10,12,15H,11,13-14H2,1-2H3. The average molecular weight is 451 g/mol. The van der Waals surface area contributed by atoms with Crippen LogP contribution in [0.25, 0.3) is 21.5 Å². The molecule has 0 spiro atoms. The van der Waals surface area contributed by atoms with Gasteiger partial charge in [0.25, 0.3) is 0 Å². The Balaban J connectivity index is 1.44. The molecule has 0 bridgehead atoms. The van der Waals surface area contributed by atoms with E-state index in [-0.39, 0.29) is 10.9 Å². The van der Waals surface area contributed by atoms with Crippen molar-refractivity contribution in [2.75, 3.05) is 27.2 Å². The molecule has 30 heavy (non-hydrogen) atoms. The van der Waals surface area contributed by atoms with Crippen LogP contribution in [0, 0.1) is 5.92 Å². The molecule has 0 aromatic heterocycles. The highest BCUT2D eigenvalue weighted by molar-refractivity contribution is 8.14. The maximum atomic E-state index is 5.81. The van der Waals surface area contributed by atoms with Gasteiger partial charge >= 0.3 is 0 Å². The highest BCUT2D eigenvalue weighted by Crippen LogP contribution is 2.43. The van der Waals surface area contributed by atoms with E-state index in [2.05, 4.69) is 87.1 Å².